The first kappa shape index (κ1) is 16.8. The summed E-state index contributed by atoms with van der Waals surface area (Å²) < 4.78 is 2.20. The van der Waals surface area contributed by atoms with Crippen LogP contribution >= 0.6 is 71.0 Å². The van der Waals surface area contributed by atoms with Gasteiger partial charge in [0.15, 0.2) is 0 Å². The SMILES string of the molecule is Cc1cc(Br)c(C(Br)Cc2ccc(Cl)c(Cl)c2)cc1Br. The van der Waals surface area contributed by atoms with E-state index in [-0.39, 0.29) is 4.83 Å². The summed E-state index contributed by atoms with van der Waals surface area (Å²) in [6.45, 7) is 2.07. The fourth-order valence-corrected chi connectivity index (χ4v) is 4.36. The van der Waals surface area contributed by atoms with Gasteiger partial charge in [-0.05, 0) is 54.3 Å². The molecule has 0 radical (unpaired) electrons. The maximum Gasteiger partial charge on any atom is 0.0595 e. The highest BCUT2D eigenvalue weighted by Crippen LogP contribution is 2.36. The van der Waals surface area contributed by atoms with E-state index in [9.17, 15) is 0 Å². The Hall–Kier alpha value is 0.460. The molecule has 5 heteroatoms. The van der Waals surface area contributed by atoms with Crippen LogP contribution in [-0.2, 0) is 6.42 Å². The lowest BCUT2D eigenvalue weighted by Crippen LogP contribution is -1.98. The molecule has 2 aromatic rings. The van der Waals surface area contributed by atoms with Crippen molar-refractivity contribution in [3.63, 3.8) is 0 Å². The van der Waals surface area contributed by atoms with Crippen LogP contribution in [0.2, 0.25) is 10.0 Å². The molecule has 0 aromatic heterocycles. The van der Waals surface area contributed by atoms with Crippen LogP contribution in [0.4, 0.5) is 0 Å². The van der Waals surface area contributed by atoms with E-state index >= 15 is 0 Å². The highest BCUT2D eigenvalue weighted by atomic mass is 79.9. The summed E-state index contributed by atoms with van der Waals surface area (Å²) >= 11 is 22.9. The van der Waals surface area contributed by atoms with Crippen LogP contribution < -0.4 is 0 Å². The van der Waals surface area contributed by atoms with Gasteiger partial charge in [-0.3, -0.25) is 0 Å². The van der Waals surface area contributed by atoms with E-state index in [4.69, 9.17) is 23.2 Å². The van der Waals surface area contributed by atoms with E-state index < -0.39 is 0 Å². The number of rotatable bonds is 3. The van der Waals surface area contributed by atoms with Crippen LogP contribution in [0, 0.1) is 6.92 Å². The Morgan fingerprint density at radius 1 is 1.00 bits per heavy atom. The average molecular weight is 502 g/mol. The molecule has 0 bridgehead atoms. The zero-order valence-electron chi connectivity index (χ0n) is 10.6. The highest BCUT2D eigenvalue weighted by Gasteiger charge is 2.14. The van der Waals surface area contributed by atoms with Gasteiger partial charge in [-0.2, -0.15) is 0 Å². The Balaban J connectivity index is 2.25. The smallest absolute Gasteiger partial charge is 0.0595 e. The zero-order chi connectivity index (χ0) is 14.9. The summed E-state index contributed by atoms with van der Waals surface area (Å²) in [5.74, 6) is 0. The van der Waals surface area contributed by atoms with Crippen molar-refractivity contribution in [1.82, 2.24) is 0 Å². The van der Waals surface area contributed by atoms with Crippen molar-refractivity contribution in [2.45, 2.75) is 18.2 Å². The second-order valence-corrected chi connectivity index (χ2v) is 8.17. The molecule has 1 unspecified atom stereocenters. The minimum absolute atomic E-state index is 0.200. The largest absolute Gasteiger partial charge is 0.0835 e. The molecule has 0 spiro atoms. The predicted octanol–water partition coefficient (Wildman–Crippen LogP) is 7.51. The third kappa shape index (κ3) is 4.01. The molecule has 106 valence electrons. The Kier molecular flexibility index (Phi) is 6.01. The number of benzene rings is 2. The van der Waals surface area contributed by atoms with Gasteiger partial charge in [0.1, 0.15) is 0 Å². The maximum absolute atomic E-state index is 6.06. The third-order valence-electron chi connectivity index (χ3n) is 3.01. The highest BCUT2D eigenvalue weighted by molar-refractivity contribution is 9.11. The van der Waals surface area contributed by atoms with Crippen LogP contribution in [-0.4, -0.2) is 0 Å². The molecule has 0 aliphatic rings. The molecule has 20 heavy (non-hydrogen) atoms. The van der Waals surface area contributed by atoms with Crippen molar-refractivity contribution < 1.29 is 0 Å². The molecule has 0 heterocycles. The fraction of sp³-hybridized carbons (Fsp3) is 0.200. The van der Waals surface area contributed by atoms with Gasteiger partial charge in [0.25, 0.3) is 0 Å². The Labute approximate surface area is 154 Å². The summed E-state index contributed by atoms with van der Waals surface area (Å²) in [4.78, 5) is 0.200. The van der Waals surface area contributed by atoms with E-state index in [1.54, 1.807) is 0 Å². The van der Waals surface area contributed by atoms with Gasteiger partial charge in [0, 0.05) is 13.8 Å². The van der Waals surface area contributed by atoms with E-state index in [0.29, 0.717) is 10.0 Å². The summed E-state index contributed by atoms with van der Waals surface area (Å²) in [7, 11) is 0. The van der Waals surface area contributed by atoms with E-state index in [1.807, 2.05) is 18.2 Å². The molecule has 0 saturated carbocycles. The maximum atomic E-state index is 6.06. The van der Waals surface area contributed by atoms with Gasteiger partial charge in [-0.15, -0.1) is 0 Å². The molecule has 1 atom stereocenters. The minimum Gasteiger partial charge on any atom is -0.0835 e. The molecule has 0 amide bonds. The van der Waals surface area contributed by atoms with Crippen molar-refractivity contribution in [2.75, 3.05) is 0 Å². The monoisotopic (exact) mass is 498 g/mol. The first-order valence-electron chi connectivity index (χ1n) is 5.92. The lowest BCUT2D eigenvalue weighted by Gasteiger charge is -2.14. The van der Waals surface area contributed by atoms with Gasteiger partial charge in [-0.25, -0.2) is 0 Å². The third-order valence-corrected chi connectivity index (χ3v) is 6.11. The Morgan fingerprint density at radius 2 is 1.70 bits per heavy atom. The minimum atomic E-state index is 0.200. The predicted molar refractivity (Wildman–Crippen MR) is 98.4 cm³/mol. The molecule has 0 aliphatic carbocycles. The number of alkyl halides is 1. The quantitative estimate of drug-likeness (QED) is 0.382. The first-order chi connectivity index (χ1) is 9.38. The number of aryl methyl sites for hydroxylation is 1. The summed E-state index contributed by atoms with van der Waals surface area (Å²) in [5, 5.41) is 1.17. The van der Waals surface area contributed by atoms with Crippen molar-refractivity contribution >= 4 is 71.0 Å². The Morgan fingerprint density at radius 3 is 2.35 bits per heavy atom. The van der Waals surface area contributed by atoms with Crippen LogP contribution in [0.3, 0.4) is 0 Å². The molecule has 2 rings (SSSR count). The Bertz CT molecular complexity index is 641. The molecule has 0 N–H and O–H groups in total. The van der Waals surface area contributed by atoms with E-state index in [0.717, 1.165) is 20.9 Å². The van der Waals surface area contributed by atoms with Crippen LogP contribution in [0.5, 0.6) is 0 Å². The standard InChI is InChI=1S/C15H11Br3Cl2/c1-8-4-12(17)10(7-11(8)16)13(18)5-9-2-3-14(19)15(20)6-9/h2-4,6-7,13H,5H2,1H3. The summed E-state index contributed by atoms with van der Waals surface area (Å²) in [6.07, 6.45) is 0.838. The number of hydrogen-bond donors (Lipinski definition) is 0. The van der Waals surface area contributed by atoms with Gasteiger partial charge in [-0.1, -0.05) is 77.1 Å². The van der Waals surface area contributed by atoms with E-state index in [1.165, 1.54) is 11.1 Å². The van der Waals surface area contributed by atoms with Crippen LogP contribution in [0.15, 0.2) is 39.3 Å². The van der Waals surface area contributed by atoms with Gasteiger partial charge in [0.2, 0.25) is 0 Å². The van der Waals surface area contributed by atoms with Crippen molar-refractivity contribution in [3.8, 4) is 0 Å². The number of hydrogen-bond acceptors (Lipinski definition) is 0. The summed E-state index contributed by atoms with van der Waals surface area (Å²) in [5.41, 5.74) is 3.55. The van der Waals surface area contributed by atoms with Crippen LogP contribution in [0.1, 0.15) is 21.5 Å². The second-order valence-electron chi connectivity index (χ2n) is 4.54. The van der Waals surface area contributed by atoms with Crippen molar-refractivity contribution in [1.29, 1.82) is 0 Å². The zero-order valence-corrected chi connectivity index (χ0v) is 16.8. The first-order valence-corrected chi connectivity index (χ1v) is 9.17. The lowest BCUT2D eigenvalue weighted by atomic mass is 10.0. The van der Waals surface area contributed by atoms with Gasteiger partial charge >= 0.3 is 0 Å². The van der Waals surface area contributed by atoms with Gasteiger partial charge < -0.3 is 0 Å². The molecular formula is C15H11Br3Cl2. The lowest BCUT2D eigenvalue weighted by molar-refractivity contribution is 0.941. The van der Waals surface area contributed by atoms with Crippen LogP contribution in [0.25, 0.3) is 0 Å². The van der Waals surface area contributed by atoms with Crippen molar-refractivity contribution in [2.24, 2.45) is 0 Å². The number of halogens is 5. The fourth-order valence-electron chi connectivity index (χ4n) is 1.89. The molecule has 0 aliphatic heterocycles. The van der Waals surface area contributed by atoms with Gasteiger partial charge in [0.05, 0.1) is 10.0 Å². The normalized spacial score (nSPS) is 12.5. The van der Waals surface area contributed by atoms with Crippen molar-refractivity contribution in [3.05, 3.63) is 66.0 Å². The molecule has 0 saturated heterocycles. The second kappa shape index (κ2) is 7.15. The molecular weight excluding hydrogens is 491 g/mol. The molecule has 0 fully saturated rings. The topological polar surface area (TPSA) is 0 Å². The summed E-state index contributed by atoms with van der Waals surface area (Å²) in [6, 6.07) is 9.99. The molecule has 0 nitrogen and oxygen atoms in total. The van der Waals surface area contributed by atoms with E-state index in [2.05, 4.69) is 66.8 Å². The molecule has 2 aromatic carbocycles. The average Bonchev–Trinajstić information content (AvgIpc) is 2.38.